The Hall–Kier alpha value is -4.84. The van der Waals surface area contributed by atoms with Crippen LogP contribution in [0.4, 0.5) is 17.2 Å². The van der Waals surface area contributed by atoms with E-state index in [1.54, 1.807) is 0 Å². The van der Waals surface area contributed by atoms with Crippen LogP contribution in [0.1, 0.15) is 50.1 Å². The Morgan fingerprint density at radius 2 is 1.67 bits per heavy atom. The third-order valence-corrected chi connectivity index (χ3v) is 8.13. The van der Waals surface area contributed by atoms with Gasteiger partial charge in [-0.15, -0.1) is 0 Å². The number of fused-ring (bicyclic) bond motifs is 5. The smallest absolute Gasteiger partial charge is 0.154 e. The topological polar surface area (TPSA) is 64.0 Å². The number of hydrogen-bond acceptors (Lipinski definition) is 5. The summed E-state index contributed by atoms with van der Waals surface area (Å²) in [4.78, 5) is 9.63. The molecule has 6 nitrogen and oxygen atoms in total. The van der Waals surface area contributed by atoms with Crippen LogP contribution in [0.5, 0.6) is 11.5 Å². The fourth-order valence-corrected chi connectivity index (χ4v) is 6.27. The van der Waals surface area contributed by atoms with E-state index in [9.17, 15) is 0 Å². The van der Waals surface area contributed by atoms with Crippen LogP contribution in [-0.4, -0.2) is 20.6 Å². The van der Waals surface area contributed by atoms with Crippen LogP contribution in [0.3, 0.4) is 0 Å². The summed E-state index contributed by atoms with van der Waals surface area (Å²) in [6.07, 6.45) is 1.88. The molecule has 4 heterocycles. The molecule has 210 valence electrons. The molecule has 0 fully saturated rings. The first-order chi connectivity index (χ1) is 20.2. The van der Waals surface area contributed by atoms with Crippen molar-refractivity contribution >= 4 is 39.0 Å². The first kappa shape index (κ1) is 26.1. The third kappa shape index (κ3) is 4.26. The largest absolute Gasteiger partial charge is 0.457 e. The first-order valence-electron chi connectivity index (χ1n) is 14.5. The predicted octanol–water partition coefficient (Wildman–Crippen LogP) is 9.19. The van der Waals surface area contributed by atoms with Gasteiger partial charge in [0.1, 0.15) is 17.3 Å². The summed E-state index contributed by atoms with van der Waals surface area (Å²) in [6.45, 7) is 12.9. The fourth-order valence-electron chi connectivity index (χ4n) is 6.27. The predicted molar refractivity (Wildman–Crippen MR) is 173 cm³/mol. The van der Waals surface area contributed by atoms with Gasteiger partial charge in [-0.25, -0.2) is 9.97 Å². The highest BCUT2D eigenvalue weighted by atomic mass is 16.5. The van der Waals surface area contributed by atoms with Crippen molar-refractivity contribution in [3.63, 3.8) is 0 Å². The van der Waals surface area contributed by atoms with Gasteiger partial charge in [0.25, 0.3) is 0 Å². The zero-order valence-electron chi connectivity index (χ0n) is 24.9. The number of rotatable bonds is 6. The van der Waals surface area contributed by atoms with E-state index in [4.69, 9.17) is 14.7 Å². The molecule has 0 aliphatic carbocycles. The number of pyridine rings is 2. The minimum atomic E-state index is -0.144. The van der Waals surface area contributed by atoms with Gasteiger partial charge in [-0.1, -0.05) is 38.1 Å². The lowest BCUT2D eigenvalue weighted by Crippen LogP contribution is -2.26. The van der Waals surface area contributed by atoms with Crippen LogP contribution >= 0.6 is 0 Å². The van der Waals surface area contributed by atoms with Gasteiger partial charge in [-0.05, 0) is 81.3 Å². The zero-order valence-corrected chi connectivity index (χ0v) is 24.9. The van der Waals surface area contributed by atoms with Crippen molar-refractivity contribution in [2.45, 2.75) is 53.0 Å². The quantitative estimate of drug-likeness (QED) is 0.215. The van der Waals surface area contributed by atoms with Crippen molar-refractivity contribution in [3.05, 3.63) is 107 Å². The molecule has 2 N–H and O–H groups in total. The molecule has 3 aromatic heterocycles. The van der Waals surface area contributed by atoms with Gasteiger partial charge in [-0.2, -0.15) is 0 Å². The van der Waals surface area contributed by atoms with Crippen molar-refractivity contribution in [2.75, 3.05) is 10.6 Å². The van der Waals surface area contributed by atoms with Crippen LogP contribution in [0.25, 0.3) is 27.6 Å². The molecule has 42 heavy (non-hydrogen) atoms. The van der Waals surface area contributed by atoms with Gasteiger partial charge in [0.05, 0.1) is 16.7 Å². The van der Waals surface area contributed by atoms with Crippen molar-refractivity contribution in [2.24, 2.45) is 0 Å². The molecule has 3 aromatic carbocycles. The normalized spacial score (nSPS) is 13.4. The fraction of sp³-hybridized carbons (Fsp3) is 0.222. The highest BCUT2D eigenvalue weighted by molar-refractivity contribution is 6.11. The molecule has 0 saturated heterocycles. The molecule has 1 aliphatic rings. The van der Waals surface area contributed by atoms with Crippen LogP contribution in [0.2, 0.25) is 0 Å². The Bertz CT molecular complexity index is 2000. The number of benzene rings is 3. The summed E-state index contributed by atoms with van der Waals surface area (Å²) in [6, 6.07) is 27.8. The maximum atomic E-state index is 6.53. The number of anilines is 3. The molecule has 7 rings (SSSR count). The number of nitrogens with one attached hydrogen (secondary N) is 2. The molecule has 0 saturated carbocycles. The summed E-state index contributed by atoms with van der Waals surface area (Å²) in [5.74, 6) is 3.32. The second kappa shape index (κ2) is 9.62. The molecule has 0 radical (unpaired) electrons. The highest BCUT2D eigenvalue weighted by Gasteiger charge is 2.35. The SMILES string of the molecule is Cc1cc(Nc2nc(C)ccc2NC(C)C)cc(Oc2ccc3c4cccc5c4n(c3c2)-c2ncccc2C5(C)C)c1. The summed E-state index contributed by atoms with van der Waals surface area (Å²) < 4.78 is 8.84. The molecule has 0 unspecified atom stereocenters. The Balaban J connectivity index is 1.29. The monoisotopic (exact) mass is 553 g/mol. The minimum Gasteiger partial charge on any atom is -0.457 e. The van der Waals surface area contributed by atoms with Crippen LogP contribution in [0.15, 0.2) is 85.1 Å². The minimum absolute atomic E-state index is 0.144. The summed E-state index contributed by atoms with van der Waals surface area (Å²) in [5, 5.41) is 9.43. The van der Waals surface area contributed by atoms with Gasteiger partial charge in [0.2, 0.25) is 0 Å². The van der Waals surface area contributed by atoms with E-state index < -0.39 is 0 Å². The number of ether oxygens (including phenoxy) is 1. The van der Waals surface area contributed by atoms with Crippen molar-refractivity contribution in [3.8, 4) is 17.3 Å². The first-order valence-corrected chi connectivity index (χ1v) is 14.5. The molecular weight excluding hydrogens is 518 g/mol. The van der Waals surface area contributed by atoms with Gasteiger partial charge in [-0.3, -0.25) is 4.57 Å². The van der Waals surface area contributed by atoms with Crippen LogP contribution in [0, 0.1) is 13.8 Å². The summed E-state index contributed by atoms with van der Waals surface area (Å²) in [7, 11) is 0. The number of hydrogen-bond donors (Lipinski definition) is 2. The third-order valence-electron chi connectivity index (χ3n) is 8.13. The lowest BCUT2D eigenvalue weighted by molar-refractivity contribution is 0.483. The molecule has 6 heteroatoms. The zero-order chi connectivity index (χ0) is 29.2. The maximum absolute atomic E-state index is 6.53. The van der Waals surface area contributed by atoms with Crippen LogP contribution < -0.4 is 15.4 Å². The van der Waals surface area contributed by atoms with E-state index in [1.807, 2.05) is 31.3 Å². The Kier molecular flexibility index (Phi) is 5.98. The van der Waals surface area contributed by atoms with Crippen molar-refractivity contribution in [1.29, 1.82) is 0 Å². The van der Waals surface area contributed by atoms with E-state index in [0.29, 0.717) is 6.04 Å². The average Bonchev–Trinajstić information content (AvgIpc) is 3.27. The molecule has 0 spiro atoms. The van der Waals surface area contributed by atoms with Gasteiger partial charge < -0.3 is 15.4 Å². The molecule has 0 bridgehead atoms. The van der Waals surface area contributed by atoms with E-state index >= 15 is 0 Å². The number of nitrogens with zero attached hydrogens (tertiary/aromatic N) is 3. The molecule has 1 aliphatic heterocycles. The van der Waals surface area contributed by atoms with Gasteiger partial charge >= 0.3 is 0 Å². The Morgan fingerprint density at radius 3 is 2.50 bits per heavy atom. The van der Waals surface area contributed by atoms with E-state index in [-0.39, 0.29) is 5.41 Å². The lowest BCUT2D eigenvalue weighted by Gasteiger charge is -2.33. The van der Waals surface area contributed by atoms with E-state index in [2.05, 4.69) is 110 Å². The second-order valence-corrected chi connectivity index (χ2v) is 12.1. The standard InChI is InChI=1S/C36H35N5O/c1-21(2)38-31-15-12-23(4)39-34(31)40-24-17-22(3)18-26(19-24)42-25-13-14-27-28-9-7-10-29-33(28)41(32(27)20-25)35-30(36(29,5)6)11-8-16-37-35/h7-21,38H,1-6H3,(H,39,40). The Morgan fingerprint density at radius 1 is 0.833 bits per heavy atom. The highest BCUT2D eigenvalue weighted by Crippen LogP contribution is 2.47. The number of para-hydroxylation sites is 1. The Labute approximate surface area is 246 Å². The van der Waals surface area contributed by atoms with E-state index in [0.717, 1.165) is 51.3 Å². The maximum Gasteiger partial charge on any atom is 0.154 e. The van der Waals surface area contributed by atoms with E-state index in [1.165, 1.54) is 27.4 Å². The number of aryl methyl sites for hydroxylation is 2. The second-order valence-electron chi connectivity index (χ2n) is 12.1. The summed E-state index contributed by atoms with van der Waals surface area (Å²) >= 11 is 0. The molecule has 0 atom stereocenters. The molecular formula is C36H35N5O. The molecule has 0 amide bonds. The lowest BCUT2D eigenvalue weighted by atomic mass is 9.76. The molecule has 6 aromatic rings. The van der Waals surface area contributed by atoms with Crippen molar-refractivity contribution < 1.29 is 4.74 Å². The van der Waals surface area contributed by atoms with Crippen LogP contribution in [-0.2, 0) is 5.41 Å². The van der Waals surface area contributed by atoms with Gasteiger partial charge in [0.15, 0.2) is 5.82 Å². The summed E-state index contributed by atoms with van der Waals surface area (Å²) in [5.41, 5.74) is 8.63. The average molecular weight is 554 g/mol. The van der Waals surface area contributed by atoms with Crippen molar-refractivity contribution in [1.82, 2.24) is 14.5 Å². The van der Waals surface area contributed by atoms with Gasteiger partial charge in [0, 0.05) is 57.5 Å². The number of aromatic nitrogens is 3.